The third-order valence-electron chi connectivity index (χ3n) is 3.66. The van der Waals surface area contributed by atoms with Crippen LogP contribution in [0, 0.1) is 5.92 Å². The van der Waals surface area contributed by atoms with Crippen LogP contribution >= 0.6 is 0 Å². The van der Waals surface area contributed by atoms with Crippen LogP contribution in [-0.4, -0.2) is 31.5 Å². The first kappa shape index (κ1) is 21.1. The Morgan fingerprint density at radius 3 is 2.32 bits per heavy atom. The summed E-state index contributed by atoms with van der Waals surface area (Å²) in [5.74, 6) is -0.528. The number of para-hydroxylation sites is 3. The summed E-state index contributed by atoms with van der Waals surface area (Å²) in [6, 6.07) is 12.7. The van der Waals surface area contributed by atoms with E-state index in [4.69, 9.17) is 0 Å². The third kappa shape index (κ3) is 6.53. The number of carbonyl (C=O) groups is 2. The summed E-state index contributed by atoms with van der Waals surface area (Å²) in [5, 5.41) is 8.24. The quantitative estimate of drug-likeness (QED) is 0.609. The van der Waals surface area contributed by atoms with Crippen LogP contribution in [-0.2, 0) is 4.79 Å². The molecule has 0 aliphatic heterocycles. The van der Waals surface area contributed by atoms with Gasteiger partial charge in [0.05, 0.1) is 17.8 Å². The van der Waals surface area contributed by atoms with Gasteiger partial charge in [-0.25, -0.2) is 0 Å². The summed E-state index contributed by atoms with van der Waals surface area (Å²) < 4.78 is 29.3. The van der Waals surface area contributed by atoms with Gasteiger partial charge in [0.2, 0.25) is 5.91 Å². The molecule has 150 valence electrons. The zero-order valence-electron chi connectivity index (χ0n) is 15.7. The summed E-state index contributed by atoms with van der Waals surface area (Å²) in [7, 11) is 0. The minimum atomic E-state index is -2.99. The second kappa shape index (κ2) is 10.2. The molecule has 0 unspecified atom stereocenters. The van der Waals surface area contributed by atoms with Crippen LogP contribution in [0.1, 0.15) is 24.2 Å². The van der Waals surface area contributed by atoms with Gasteiger partial charge in [-0.05, 0) is 30.2 Å². The molecule has 28 heavy (non-hydrogen) atoms. The van der Waals surface area contributed by atoms with Gasteiger partial charge in [-0.15, -0.1) is 0 Å². The van der Waals surface area contributed by atoms with E-state index in [-0.39, 0.29) is 23.9 Å². The monoisotopic (exact) mass is 391 g/mol. The fourth-order valence-corrected chi connectivity index (χ4v) is 2.37. The standard InChI is InChI=1S/C20H23F2N3O3/c1-13(2)11-24-19(27)14-7-3-4-8-15(14)23-12-18(26)25-16-9-5-6-10-17(16)28-20(21)22/h3-10,13,20,23H,11-12H2,1-2H3,(H,24,27)(H,25,26). The SMILES string of the molecule is CC(C)CNC(=O)c1ccccc1NCC(=O)Nc1ccccc1OC(F)F. The number of nitrogens with one attached hydrogen (secondary N) is 3. The van der Waals surface area contributed by atoms with Crippen molar-refractivity contribution in [3.8, 4) is 5.75 Å². The molecule has 2 amide bonds. The average Bonchev–Trinajstić information content (AvgIpc) is 2.66. The van der Waals surface area contributed by atoms with Crippen molar-refractivity contribution in [1.29, 1.82) is 0 Å². The first-order chi connectivity index (χ1) is 13.4. The predicted molar refractivity (Wildman–Crippen MR) is 104 cm³/mol. The molecule has 0 saturated carbocycles. The number of alkyl halides is 2. The molecule has 2 aromatic rings. The number of rotatable bonds is 9. The summed E-state index contributed by atoms with van der Waals surface area (Å²) in [5.41, 5.74) is 1.05. The van der Waals surface area contributed by atoms with E-state index in [2.05, 4.69) is 20.7 Å². The maximum Gasteiger partial charge on any atom is 0.387 e. The molecule has 0 atom stereocenters. The van der Waals surface area contributed by atoms with Gasteiger partial charge in [0.15, 0.2) is 0 Å². The molecule has 0 bridgehead atoms. The van der Waals surface area contributed by atoms with Crippen molar-refractivity contribution in [1.82, 2.24) is 5.32 Å². The van der Waals surface area contributed by atoms with Crippen molar-refractivity contribution in [2.45, 2.75) is 20.5 Å². The van der Waals surface area contributed by atoms with Crippen LogP contribution in [0.15, 0.2) is 48.5 Å². The van der Waals surface area contributed by atoms with Gasteiger partial charge < -0.3 is 20.7 Å². The Labute approximate surface area is 162 Å². The highest BCUT2D eigenvalue weighted by Crippen LogP contribution is 2.25. The van der Waals surface area contributed by atoms with Gasteiger partial charge in [0.1, 0.15) is 5.75 Å². The maximum absolute atomic E-state index is 12.5. The lowest BCUT2D eigenvalue weighted by Crippen LogP contribution is -2.29. The normalized spacial score (nSPS) is 10.6. The van der Waals surface area contributed by atoms with E-state index < -0.39 is 12.5 Å². The molecule has 8 heteroatoms. The Hall–Kier alpha value is -3.16. The molecule has 0 aliphatic carbocycles. The van der Waals surface area contributed by atoms with E-state index >= 15 is 0 Å². The van der Waals surface area contributed by atoms with E-state index in [1.54, 1.807) is 30.3 Å². The number of amides is 2. The van der Waals surface area contributed by atoms with E-state index in [9.17, 15) is 18.4 Å². The number of hydrogen-bond donors (Lipinski definition) is 3. The Balaban J connectivity index is 1.99. The van der Waals surface area contributed by atoms with Crippen molar-refractivity contribution in [3.63, 3.8) is 0 Å². The van der Waals surface area contributed by atoms with Crippen LogP contribution in [0.2, 0.25) is 0 Å². The maximum atomic E-state index is 12.5. The predicted octanol–water partition coefficient (Wildman–Crippen LogP) is 3.72. The molecule has 0 spiro atoms. The highest BCUT2D eigenvalue weighted by atomic mass is 19.3. The van der Waals surface area contributed by atoms with Crippen molar-refractivity contribution in [2.24, 2.45) is 5.92 Å². The fraction of sp³-hybridized carbons (Fsp3) is 0.300. The summed E-state index contributed by atoms with van der Waals surface area (Å²) >= 11 is 0. The molecule has 2 rings (SSSR count). The lowest BCUT2D eigenvalue weighted by Gasteiger charge is -2.14. The Kier molecular flexibility index (Phi) is 7.74. The smallest absolute Gasteiger partial charge is 0.387 e. The van der Waals surface area contributed by atoms with E-state index in [1.807, 2.05) is 13.8 Å². The Morgan fingerprint density at radius 2 is 1.64 bits per heavy atom. The van der Waals surface area contributed by atoms with Crippen molar-refractivity contribution < 1.29 is 23.1 Å². The first-order valence-corrected chi connectivity index (χ1v) is 8.81. The van der Waals surface area contributed by atoms with Gasteiger partial charge in [0, 0.05) is 12.2 Å². The van der Waals surface area contributed by atoms with E-state index in [0.717, 1.165) is 0 Å². The van der Waals surface area contributed by atoms with Crippen LogP contribution in [0.4, 0.5) is 20.2 Å². The van der Waals surface area contributed by atoms with Crippen LogP contribution < -0.4 is 20.7 Å². The summed E-state index contributed by atoms with van der Waals surface area (Å²) in [6.45, 7) is 1.37. The Bertz CT molecular complexity index is 813. The number of benzene rings is 2. The number of ether oxygens (including phenoxy) is 1. The zero-order valence-corrected chi connectivity index (χ0v) is 15.7. The largest absolute Gasteiger partial charge is 0.433 e. The molecule has 0 aliphatic rings. The number of hydrogen-bond acceptors (Lipinski definition) is 4. The van der Waals surface area contributed by atoms with Crippen LogP contribution in [0.5, 0.6) is 5.75 Å². The molecule has 2 aromatic carbocycles. The second-order valence-corrected chi connectivity index (χ2v) is 6.43. The van der Waals surface area contributed by atoms with Crippen molar-refractivity contribution in [2.75, 3.05) is 23.7 Å². The van der Waals surface area contributed by atoms with Crippen LogP contribution in [0.3, 0.4) is 0 Å². The zero-order chi connectivity index (χ0) is 20.5. The molecular formula is C20H23F2N3O3. The van der Waals surface area contributed by atoms with Gasteiger partial charge in [0.25, 0.3) is 5.91 Å². The topological polar surface area (TPSA) is 79.5 Å². The number of anilines is 2. The van der Waals surface area contributed by atoms with Crippen molar-refractivity contribution in [3.05, 3.63) is 54.1 Å². The number of carbonyl (C=O) groups excluding carboxylic acids is 2. The van der Waals surface area contributed by atoms with Crippen LogP contribution in [0.25, 0.3) is 0 Å². The van der Waals surface area contributed by atoms with Gasteiger partial charge >= 0.3 is 6.61 Å². The highest BCUT2D eigenvalue weighted by Gasteiger charge is 2.14. The third-order valence-corrected chi connectivity index (χ3v) is 3.66. The minimum absolute atomic E-state index is 0.126. The molecule has 0 saturated heterocycles. The van der Waals surface area contributed by atoms with Gasteiger partial charge in [-0.3, -0.25) is 9.59 Å². The van der Waals surface area contributed by atoms with Gasteiger partial charge in [-0.2, -0.15) is 8.78 Å². The average molecular weight is 391 g/mol. The van der Waals surface area contributed by atoms with E-state index in [1.165, 1.54) is 18.2 Å². The minimum Gasteiger partial charge on any atom is -0.433 e. The van der Waals surface area contributed by atoms with Crippen molar-refractivity contribution >= 4 is 23.2 Å². The summed E-state index contributed by atoms with van der Waals surface area (Å²) in [4.78, 5) is 24.5. The highest BCUT2D eigenvalue weighted by molar-refractivity contribution is 6.01. The summed E-state index contributed by atoms with van der Waals surface area (Å²) in [6.07, 6.45) is 0. The molecule has 3 N–H and O–H groups in total. The Morgan fingerprint density at radius 1 is 1.00 bits per heavy atom. The second-order valence-electron chi connectivity index (χ2n) is 6.43. The molecular weight excluding hydrogens is 368 g/mol. The number of halogens is 2. The molecule has 0 fully saturated rings. The molecule has 0 heterocycles. The van der Waals surface area contributed by atoms with Gasteiger partial charge in [-0.1, -0.05) is 38.1 Å². The molecule has 0 aromatic heterocycles. The lowest BCUT2D eigenvalue weighted by atomic mass is 10.1. The molecule has 6 nitrogen and oxygen atoms in total. The molecule has 0 radical (unpaired) electrons. The lowest BCUT2D eigenvalue weighted by molar-refractivity contribution is -0.114. The van der Waals surface area contributed by atoms with E-state index in [0.29, 0.717) is 23.7 Å². The first-order valence-electron chi connectivity index (χ1n) is 8.81. The fourth-order valence-electron chi connectivity index (χ4n) is 2.37.